The van der Waals surface area contributed by atoms with Crippen molar-refractivity contribution in [1.82, 2.24) is 15.2 Å². The van der Waals surface area contributed by atoms with Crippen LogP contribution in [0.2, 0.25) is 0 Å². The molecule has 1 saturated heterocycles. The Balaban J connectivity index is 1.71. The highest BCUT2D eigenvalue weighted by atomic mass is 32.1. The van der Waals surface area contributed by atoms with Crippen LogP contribution in [0.15, 0.2) is 17.5 Å². The van der Waals surface area contributed by atoms with Gasteiger partial charge < -0.3 is 15.0 Å². The van der Waals surface area contributed by atoms with Gasteiger partial charge in [0.2, 0.25) is 5.91 Å². The molecule has 2 N–H and O–H groups in total. The van der Waals surface area contributed by atoms with Crippen LogP contribution in [-0.4, -0.2) is 54.3 Å². The monoisotopic (exact) mass is 445 g/mol. The number of aromatic amines is 1. The lowest BCUT2D eigenvalue weighted by Crippen LogP contribution is -2.42. The van der Waals surface area contributed by atoms with E-state index in [-0.39, 0.29) is 29.7 Å². The van der Waals surface area contributed by atoms with Crippen LogP contribution in [0.3, 0.4) is 0 Å². The summed E-state index contributed by atoms with van der Waals surface area (Å²) in [5, 5.41) is 5.10. The standard InChI is InChI=1S/C23H31N3O4S/c1-14-7-9-26(10-8-14)18(19-6-5-11-31-19)13-24-20(28)12-17-21(23(29)30-4)15(2)22(25-17)16(3)27/h5-6,11,14,18,25H,7-10,12-13H2,1-4H3,(H,24,28). The molecule has 1 atom stereocenters. The van der Waals surface area contributed by atoms with Gasteiger partial charge in [0, 0.05) is 24.0 Å². The molecule has 0 spiro atoms. The van der Waals surface area contributed by atoms with Crippen molar-refractivity contribution in [3.63, 3.8) is 0 Å². The van der Waals surface area contributed by atoms with E-state index in [2.05, 4.69) is 33.6 Å². The van der Waals surface area contributed by atoms with Gasteiger partial charge in [-0.25, -0.2) is 4.79 Å². The molecule has 1 unspecified atom stereocenters. The van der Waals surface area contributed by atoms with Gasteiger partial charge in [-0.3, -0.25) is 14.5 Å². The molecule has 0 saturated carbocycles. The number of carbonyl (C=O) groups excluding carboxylic acids is 3. The van der Waals surface area contributed by atoms with E-state index in [1.165, 1.54) is 18.9 Å². The minimum Gasteiger partial charge on any atom is -0.465 e. The summed E-state index contributed by atoms with van der Waals surface area (Å²) in [4.78, 5) is 43.6. The van der Waals surface area contributed by atoms with Gasteiger partial charge in [0.15, 0.2) is 5.78 Å². The molecule has 0 aromatic carbocycles. The number of hydrogen-bond donors (Lipinski definition) is 2. The van der Waals surface area contributed by atoms with E-state index in [0.29, 0.717) is 23.5 Å². The van der Waals surface area contributed by atoms with Crippen molar-refractivity contribution in [3.05, 3.63) is 44.9 Å². The van der Waals surface area contributed by atoms with E-state index in [9.17, 15) is 14.4 Å². The number of ether oxygens (including phenoxy) is 1. The van der Waals surface area contributed by atoms with Crippen molar-refractivity contribution in [2.45, 2.75) is 46.1 Å². The SMILES string of the molecule is COC(=O)c1c(CC(=O)NCC(c2cccs2)N2CCC(C)CC2)[nH]c(C(C)=O)c1C. The molecule has 3 heterocycles. The molecule has 0 aliphatic carbocycles. The summed E-state index contributed by atoms with van der Waals surface area (Å²) in [6.45, 7) is 7.93. The molecule has 7 nitrogen and oxygen atoms in total. The summed E-state index contributed by atoms with van der Waals surface area (Å²) in [5.74, 6) is -0.207. The molecular formula is C23H31N3O4S. The van der Waals surface area contributed by atoms with Crippen LogP contribution in [0.1, 0.15) is 69.7 Å². The van der Waals surface area contributed by atoms with Gasteiger partial charge >= 0.3 is 5.97 Å². The van der Waals surface area contributed by atoms with E-state index in [1.54, 1.807) is 18.3 Å². The quantitative estimate of drug-likeness (QED) is 0.479. The number of nitrogens with one attached hydrogen (secondary N) is 2. The first kappa shape index (κ1) is 23.2. The fourth-order valence-corrected chi connectivity index (χ4v) is 5.05. The molecule has 0 bridgehead atoms. The van der Waals surface area contributed by atoms with E-state index < -0.39 is 5.97 Å². The third-order valence-electron chi connectivity index (χ3n) is 6.03. The first-order chi connectivity index (χ1) is 14.8. The number of piperidine rings is 1. The second kappa shape index (κ2) is 10.2. The van der Waals surface area contributed by atoms with Crippen LogP contribution in [0.5, 0.6) is 0 Å². The Kier molecular flexibility index (Phi) is 7.67. The van der Waals surface area contributed by atoms with Crippen LogP contribution in [0.4, 0.5) is 0 Å². The molecule has 1 fully saturated rings. The molecule has 2 aromatic rings. The predicted molar refractivity (Wildman–Crippen MR) is 121 cm³/mol. The van der Waals surface area contributed by atoms with Crippen LogP contribution in [-0.2, 0) is 16.0 Å². The maximum Gasteiger partial charge on any atom is 0.339 e. The Bertz CT molecular complexity index is 927. The number of likely N-dealkylation sites (tertiary alicyclic amines) is 1. The summed E-state index contributed by atoms with van der Waals surface area (Å²) < 4.78 is 4.86. The molecule has 8 heteroatoms. The van der Waals surface area contributed by atoms with Gasteiger partial charge in [-0.05, 0) is 55.8 Å². The Morgan fingerprint density at radius 3 is 2.61 bits per heavy atom. The van der Waals surface area contributed by atoms with Crippen molar-refractivity contribution in [2.24, 2.45) is 5.92 Å². The zero-order valence-corrected chi connectivity index (χ0v) is 19.4. The minimum absolute atomic E-state index is 0.0211. The molecule has 1 amide bonds. The molecular weight excluding hydrogens is 414 g/mol. The molecule has 2 aromatic heterocycles. The van der Waals surface area contributed by atoms with E-state index in [0.717, 1.165) is 31.8 Å². The number of esters is 1. The number of nitrogens with zero attached hydrogens (tertiary/aromatic N) is 1. The Hall–Kier alpha value is -2.45. The lowest BCUT2D eigenvalue weighted by atomic mass is 9.97. The largest absolute Gasteiger partial charge is 0.465 e. The molecule has 168 valence electrons. The van der Waals surface area contributed by atoms with Crippen molar-refractivity contribution in [1.29, 1.82) is 0 Å². The number of H-pyrrole nitrogens is 1. The van der Waals surface area contributed by atoms with Crippen LogP contribution in [0.25, 0.3) is 0 Å². The Morgan fingerprint density at radius 1 is 1.32 bits per heavy atom. The van der Waals surface area contributed by atoms with Gasteiger partial charge in [0.1, 0.15) is 0 Å². The lowest BCUT2D eigenvalue weighted by Gasteiger charge is -2.36. The second-order valence-corrected chi connectivity index (χ2v) is 9.24. The number of methoxy groups -OCH3 is 1. The number of thiophene rings is 1. The van der Waals surface area contributed by atoms with Crippen molar-refractivity contribution in [2.75, 3.05) is 26.7 Å². The third kappa shape index (κ3) is 5.43. The molecule has 0 radical (unpaired) electrons. The highest BCUT2D eigenvalue weighted by Gasteiger charge is 2.27. The van der Waals surface area contributed by atoms with Gasteiger partial charge in [-0.2, -0.15) is 0 Å². The van der Waals surface area contributed by atoms with Crippen molar-refractivity contribution < 1.29 is 19.1 Å². The van der Waals surface area contributed by atoms with Crippen molar-refractivity contribution in [3.8, 4) is 0 Å². The average molecular weight is 446 g/mol. The fraction of sp³-hybridized carbons (Fsp3) is 0.522. The van der Waals surface area contributed by atoms with E-state index in [4.69, 9.17) is 4.74 Å². The number of amides is 1. The molecule has 31 heavy (non-hydrogen) atoms. The number of ketones is 1. The zero-order chi connectivity index (χ0) is 22.5. The summed E-state index contributed by atoms with van der Waals surface area (Å²) in [6, 6.07) is 4.28. The van der Waals surface area contributed by atoms with E-state index >= 15 is 0 Å². The highest BCUT2D eigenvalue weighted by molar-refractivity contribution is 7.10. The minimum atomic E-state index is -0.553. The summed E-state index contributed by atoms with van der Waals surface area (Å²) in [7, 11) is 1.29. The number of aromatic nitrogens is 1. The smallest absolute Gasteiger partial charge is 0.339 e. The predicted octanol–water partition coefficient (Wildman–Crippen LogP) is 3.51. The van der Waals surface area contributed by atoms with Gasteiger partial charge in [-0.1, -0.05) is 13.0 Å². The third-order valence-corrected chi connectivity index (χ3v) is 7.00. The van der Waals surface area contributed by atoms with Crippen LogP contribution < -0.4 is 5.32 Å². The number of Topliss-reactive ketones (excluding diaryl/α,β-unsaturated/α-hetero) is 1. The Morgan fingerprint density at radius 2 is 2.03 bits per heavy atom. The maximum absolute atomic E-state index is 12.8. The fourth-order valence-electron chi connectivity index (χ4n) is 4.19. The highest BCUT2D eigenvalue weighted by Crippen LogP contribution is 2.29. The van der Waals surface area contributed by atoms with Gasteiger partial charge in [0.25, 0.3) is 0 Å². The van der Waals surface area contributed by atoms with E-state index in [1.807, 2.05) is 6.07 Å². The van der Waals surface area contributed by atoms with Crippen LogP contribution >= 0.6 is 11.3 Å². The number of hydrogen-bond acceptors (Lipinski definition) is 6. The summed E-state index contributed by atoms with van der Waals surface area (Å²) in [5.41, 5.74) is 1.53. The lowest BCUT2D eigenvalue weighted by molar-refractivity contribution is -0.120. The van der Waals surface area contributed by atoms with Crippen molar-refractivity contribution >= 4 is 29.0 Å². The van der Waals surface area contributed by atoms with Gasteiger partial charge in [-0.15, -0.1) is 11.3 Å². The molecule has 1 aliphatic rings. The van der Waals surface area contributed by atoms with Crippen LogP contribution in [0, 0.1) is 12.8 Å². The molecule has 1 aliphatic heterocycles. The first-order valence-electron chi connectivity index (χ1n) is 10.7. The Labute approximate surface area is 187 Å². The number of rotatable bonds is 8. The topological polar surface area (TPSA) is 91.5 Å². The summed E-state index contributed by atoms with van der Waals surface area (Å²) >= 11 is 1.70. The maximum atomic E-state index is 12.8. The average Bonchev–Trinajstić information content (AvgIpc) is 3.37. The normalized spacial score (nSPS) is 16.1. The zero-order valence-electron chi connectivity index (χ0n) is 18.6. The first-order valence-corrected chi connectivity index (χ1v) is 11.5. The summed E-state index contributed by atoms with van der Waals surface area (Å²) in [6.07, 6.45) is 2.30. The van der Waals surface area contributed by atoms with Gasteiger partial charge in [0.05, 0.1) is 30.8 Å². The number of carbonyl (C=O) groups is 3. The second-order valence-electron chi connectivity index (χ2n) is 8.26. The molecule has 3 rings (SSSR count).